The van der Waals surface area contributed by atoms with E-state index in [-0.39, 0.29) is 37.3 Å². The van der Waals surface area contributed by atoms with Gasteiger partial charge in [-0.15, -0.1) is 0 Å². The van der Waals surface area contributed by atoms with Crippen LogP contribution in [0.2, 0.25) is 0 Å². The summed E-state index contributed by atoms with van der Waals surface area (Å²) in [4.78, 5) is 18.4. The summed E-state index contributed by atoms with van der Waals surface area (Å²) >= 11 is 0. The lowest BCUT2D eigenvalue weighted by atomic mass is 9.77. The third-order valence-corrected chi connectivity index (χ3v) is 13.3. The molecule has 3 aliphatic heterocycles. The second-order valence-electron chi connectivity index (χ2n) is 18.7. The molecule has 0 saturated carbocycles. The molecule has 0 aromatic heterocycles. The molecule has 0 spiro atoms. The third kappa shape index (κ3) is 11.5. The number of esters is 1. The van der Waals surface area contributed by atoms with Crippen molar-refractivity contribution in [2.45, 2.75) is 185 Å². The summed E-state index contributed by atoms with van der Waals surface area (Å²) in [7, 11) is 7.23. The molecule has 14 nitrogen and oxygen atoms in total. The van der Waals surface area contributed by atoms with Crippen LogP contribution in [0.25, 0.3) is 0 Å². The summed E-state index contributed by atoms with van der Waals surface area (Å²) in [6, 6.07) is 4.95. The van der Waals surface area contributed by atoms with Gasteiger partial charge in [-0.3, -0.25) is 4.79 Å². The zero-order valence-corrected chi connectivity index (χ0v) is 37.8. The van der Waals surface area contributed by atoms with E-state index < -0.39 is 102 Å². The van der Waals surface area contributed by atoms with Gasteiger partial charge in [0.15, 0.2) is 18.7 Å². The SMILES string of the molecule is CC[C@H]1OC(=O)[C@H](C)[C@@H](O[C@H]2C[C@@](C)(OC)[C@@H](O)[C@H](C)O2)[C@H](C)[C@@H](O[C@@H]2O[C@H](C)C[C@H](N(C)C)[C@H]2Oc2ccc(F)cc2)[C@](C)(O)C[C@@H](C)CN(C)[C@H](C)[C@@H](O)[C@]1(C)O. The number of cyclic esters (lactones) is 1. The number of methoxy groups -OCH3 is 1. The van der Waals surface area contributed by atoms with Gasteiger partial charge >= 0.3 is 5.97 Å². The Morgan fingerprint density at radius 2 is 1.56 bits per heavy atom. The van der Waals surface area contributed by atoms with Crippen LogP contribution in [0.1, 0.15) is 94.9 Å². The van der Waals surface area contributed by atoms with Crippen molar-refractivity contribution in [3.8, 4) is 5.75 Å². The number of rotatable bonds is 9. The number of aliphatic hydroxyl groups is 4. The molecule has 4 N–H and O–H groups in total. The highest BCUT2D eigenvalue weighted by Crippen LogP contribution is 2.40. The van der Waals surface area contributed by atoms with Gasteiger partial charge in [0, 0.05) is 32.0 Å². The molecule has 3 fully saturated rings. The van der Waals surface area contributed by atoms with Gasteiger partial charge in [0.05, 0.1) is 47.6 Å². The number of hydrogen-bond donors (Lipinski definition) is 4. The van der Waals surface area contributed by atoms with Gasteiger partial charge < -0.3 is 63.4 Å². The van der Waals surface area contributed by atoms with Crippen LogP contribution in [0.4, 0.5) is 4.39 Å². The average molecular weight is 843 g/mol. The first-order chi connectivity index (χ1) is 27.4. The predicted octanol–water partition coefficient (Wildman–Crippen LogP) is 4.13. The van der Waals surface area contributed by atoms with Gasteiger partial charge in [0.25, 0.3) is 0 Å². The summed E-state index contributed by atoms with van der Waals surface area (Å²) in [5, 5.41) is 47.3. The minimum Gasteiger partial charge on any atom is -0.483 e. The van der Waals surface area contributed by atoms with Crippen molar-refractivity contribution in [2.24, 2.45) is 17.8 Å². The molecule has 0 unspecified atom stereocenters. The summed E-state index contributed by atoms with van der Waals surface area (Å²) < 4.78 is 59.1. The maximum absolute atomic E-state index is 14.4. The van der Waals surface area contributed by atoms with Crippen molar-refractivity contribution in [1.82, 2.24) is 9.80 Å². The highest BCUT2D eigenvalue weighted by molar-refractivity contribution is 5.73. The first-order valence-electron chi connectivity index (χ1n) is 21.3. The first kappa shape index (κ1) is 49.6. The van der Waals surface area contributed by atoms with E-state index >= 15 is 0 Å². The molecule has 0 radical (unpaired) electrons. The van der Waals surface area contributed by atoms with Gasteiger partial charge in [-0.25, -0.2) is 4.39 Å². The van der Waals surface area contributed by atoms with Gasteiger partial charge in [-0.05, 0) is 119 Å². The Bertz CT molecular complexity index is 1490. The normalized spacial score (nSPS) is 45.0. The van der Waals surface area contributed by atoms with Crippen LogP contribution in [0, 0.1) is 23.6 Å². The highest BCUT2D eigenvalue weighted by atomic mass is 19.1. The maximum atomic E-state index is 14.4. The Labute approximate surface area is 351 Å². The van der Waals surface area contributed by atoms with Crippen LogP contribution in [-0.4, -0.2) is 161 Å². The molecule has 15 heteroatoms. The predicted molar refractivity (Wildman–Crippen MR) is 219 cm³/mol. The number of halogens is 1. The van der Waals surface area contributed by atoms with Gasteiger partial charge in [-0.2, -0.15) is 0 Å². The number of ether oxygens (including phenoxy) is 7. The van der Waals surface area contributed by atoms with Crippen molar-refractivity contribution in [1.29, 1.82) is 0 Å². The fraction of sp³-hybridized carbons (Fsp3) is 0.841. The van der Waals surface area contributed by atoms with Crippen LogP contribution < -0.4 is 4.74 Å². The Morgan fingerprint density at radius 1 is 0.932 bits per heavy atom. The molecule has 1 aromatic carbocycles. The zero-order valence-electron chi connectivity index (χ0n) is 37.8. The van der Waals surface area contributed by atoms with Crippen molar-refractivity contribution >= 4 is 5.97 Å². The number of nitrogens with zero attached hydrogens (tertiary/aromatic N) is 2. The minimum atomic E-state index is -1.82. The monoisotopic (exact) mass is 843 g/mol. The molecule has 3 heterocycles. The lowest BCUT2D eigenvalue weighted by Gasteiger charge is -2.49. The topological polar surface area (TPSA) is 169 Å². The number of carbonyl (C=O) groups excluding carboxylic acids is 1. The van der Waals surface area contributed by atoms with Crippen LogP contribution in [0.3, 0.4) is 0 Å². The number of benzene rings is 1. The molecule has 3 aliphatic rings. The Kier molecular flexibility index (Phi) is 16.8. The summed E-state index contributed by atoms with van der Waals surface area (Å²) in [6.07, 6.45) is -8.07. The quantitative estimate of drug-likeness (QED) is 0.262. The molecule has 3 saturated heterocycles. The number of hydrogen-bond acceptors (Lipinski definition) is 14. The fourth-order valence-corrected chi connectivity index (χ4v) is 9.52. The molecule has 0 bridgehead atoms. The highest BCUT2D eigenvalue weighted by Gasteiger charge is 2.53. The number of likely N-dealkylation sites (N-methyl/N-ethyl adjacent to an activating group) is 2. The molecule has 59 heavy (non-hydrogen) atoms. The van der Waals surface area contributed by atoms with Crippen LogP contribution in [-0.2, 0) is 33.2 Å². The van der Waals surface area contributed by atoms with Crippen molar-refractivity contribution in [3.63, 3.8) is 0 Å². The maximum Gasteiger partial charge on any atom is 0.311 e. The molecule has 340 valence electrons. The molecule has 1 aromatic rings. The van der Waals surface area contributed by atoms with E-state index in [1.165, 1.54) is 26.2 Å². The second kappa shape index (κ2) is 20.0. The minimum absolute atomic E-state index is 0.114. The smallest absolute Gasteiger partial charge is 0.311 e. The van der Waals surface area contributed by atoms with E-state index in [1.54, 1.807) is 53.7 Å². The standard InChI is InChI=1S/C44H75FN2O12/c1-15-33-44(10,52)37(48)28(6)47(13)23-24(2)21-42(8,51)39(59-41-36(32(46(11)12)20-25(3)54-41)56-31-18-16-30(45)17-19-31)26(4)35(27(5)40(50)57-33)58-34-22-43(9,53-14)38(49)29(7)55-34/h16-19,24-29,32-39,41,48-49,51-52H,15,20-23H2,1-14H3/t24-,25-,26+,27-,28-,29+,32+,33-,34+,35+,36-,37-,38+,39-,41+,42-,43-,44-/m1/s1. The zero-order chi connectivity index (χ0) is 44.4. The third-order valence-electron chi connectivity index (χ3n) is 13.3. The van der Waals surface area contributed by atoms with Gasteiger partial charge in [0.1, 0.15) is 35.5 Å². The number of aliphatic hydroxyl groups excluding tert-OH is 2. The summed E-state index contributed by atoms with van der Waals surface area (Å²) in [5.74, 6) is -2.68. The Hall–Kier alpha value is -2.02. The lowest BCUT2D eigenvalue weighted by Crippen LogP contribution is -2.61. The van der Waals surface area contributed by atoms with E-state index in [9.17, 15) is 29.6 Å². The molecular formula is C44H75FN2O12. The van der Waals surface area contributed by atoms with Gasteiger partial charge in [-0.1, -0.05) is 20.8 Å². The molecule has 18 atom stereocenters. The first-order valence-corrected chi connectivity index (χ1v) is 21.3. The van der Waals surface area contributed by atoms with E-state index in [4.69, 9.17) is 33.2 Å². The largest absolute Gasteiger partial charge is 0.483 e. The Morgan fingerprint density at radius 3 is 2.14 bits per heavy atom. The molecule has 0 aliphatic carbocycles. The van der Waals surface area contributed by atoms with Crippen LogP contribution in [0.15, 0.2) is 24.3 Å². The summed E-state index contributed by atoms with van der Waals surface area (Å²) in [5.41, 5.74) is -4.47. The van der Waals surface area contributed by atoms with Crippen molar-refractivity contribution < 1.29 is 62.8 Å². The van der Waals surface area contributed by atoms with Crippen molar-refractivity contribution in [3.05, 3.63) is 30.1 Å². The average Bonchev–Trinajstić information content (AvgIpc) is 3.16. The van der Waals surface area contributed by atoms with Crippen molar-refractivity contribution in [2.75, 3.05) is 34.8 Å². The Balaban J connectivity index is 1.87. The van der Waals surface area contributed by atoms with E-state index in [0.29, 0.717) is 18.7 Å². The molecule has 4 rings (SSSR count). The molecular weight excluding hydrogens is 767 g/mol. The van der Waals surface area contributed by atoms with E-state index in [0.717, 1.165) is 0 Å². The second-order valence-corrected chi connectivity index (χ2v) is 18.7. The van der Waals surface area contributed by atoms with Gasteiger partial charge in [0.2, 0.25) is 0 Å². The number of carbonyl (C=O) groups is 1. The van der Waals surface area contributed by atoms with Crippen LogP contribution in [0.5, 0.6) is 5.75 Å². The summed E-state index contributed by atoms with van der Waals surface area (Å²) in [6.45, 7) is 18.1. The van der Waals surface area contributed by atoms with Crippen LogP contribution >= 0.6 is 0 Å². The van der Waals surface area contributed by atoms with E-state index in [1.807, 2.05) is 51.7 Å². The lowest BCUT2D eigenvalue weighted by molar-refractivity contribution is -0.316. The fourth-order valence-electron chi connectivity index (χ4n) is 9.52. The van der Waals surface area contributed by atoms with E-state index in [2.05, 4.69) is 0 Å². The molecule has 0 amide bonds.